The zero-order valence-corrected chi connectivity index (χ0v) is 15.3. The van der Waals surface area contributed by atoms with Crippen LogP contribution in [-0.4, -0.2) is 42.0 Å². The topological polar surface area (TPSA) is 104 Å². The lowest BCUT2D eigenvalue weighted by Gasteiger charge is -2.13. The Kier molecular flexibility index (Phi) is 7.42. The van der Waals surface area contributed by atoms with Crippen LogP contribution in [0.2, 0.25) is 0 Å². The van der Waals surface area contributed by atoms with E-state index < -0.39 is 10.4 Å². The molecule has 1 aliphatic heterocycles. The lowest BCUT2D eigenvalue weighted by molar-refractivity contribution is 0.0651. The molecular formula is C16H20NO6S2-. The molecule has 0 aliphatic carbocycles. The number of imide groups is 1. The van der Waals surface area contributed by atoms with Crippen molar-refractivity contribution in [1.82, 2.24) is 4.90 Å². The van der Waals surface area contributed by atoms with Crippen LogP contribution in [0.5, 0.6) is 0 Å². The van der Waals surface area contributed by atoms with Crippen LogP contribution in [-0.2, 0) is 14.0 Å². The van der Waals surface area contributed by atoms with Crippen LogP contribution in [0.15, 0.2) is 24.3 Å². The highest BCUT2D eigenvalue weighted by Crippen LogP contribution is 2.23. The fourth-order valence-corrected chi connectivity index (χ4v) is 3.74. The van der Waals surface area contributed by atoms with Gasteiger partial charge in [0.05, 0.1) is 11.1 Å². The van der Waals surface area contributed by atoms with E-state index in [4.69, 9.17) is 0 Å². The van der Waals surface area contributed by atoms with E-state index in [-0.39, 0.29) is 11.8 Å². The maximum Gasteiger partial charge on any atom is 0.261 e. The summed E-state index contributed by atoms with van der Waals surface area (Å²) in [6.45, 7) is 0.428. The van der Waals surface area contributed by atoms with Gasteiger partial charge in [0.1, 0.15) is 0 Å². The van der Waals surface area contributed by atoms with Gasteiger partial charge in [0.2, 0.25) is 10.4 Å². The Bertz CT molecular complexity index is 684. The number of carbonyl (C=O) groups excluding carboxylic acids is 2. The van der Waals surface area contributed by atoms with Gasteiger partial charge in [-0.1, -0.05) is 37.8 Å². The van der Waals surface area contributed by atoms with Crippen molar-refractivity contribution in [2.45, 2.75) is 38.5 Å². The van der Waals surface area contributed by atoms with Crippen molar-refractivity contribution in [1.29, 1.82) is 0 Å². The number of fused-ring (bicyclic) bond motifs is 1. The molecule has 2 amide bonds. The standard InChI is InChI=1S/C16H21NO6S2/c18-15-13-9-5-6-10-14(13)16(19)17(15)11-7-3-1-2-4-8-12-24-23-25(20,21)22/h5-6,9-10H,1-4,7-8,11-12H2,(H,20,21,22)/p-1. The molecule has 0 aromatic heterocycles. The summed E-state index contributed by atoms with van der Waals surface area (Å²) in [4.78, 5) is 25.6. The van der Waals surface area contributed by atoms with Crippen LogP contribution in [0.3, 0.4) is 0 Å². The molecule has 0 spiro atoms. The number of carbonyl (C=O) groups is 2. The van der Waals surface area contributed by atoms with Gasteiger partial charge in [-0.25, -0.2) is 12.0 Å². The molecule has 7 nitrogen and oxygen atoms in total. The minimum atomic E-state index is -4.61. The van der Waals surface area contributed by atoms with Gasteiger partial charge in [0.25, 0.3) is 11.8 Å². The number of unbranched alkanes of at least 4 members (excludes halogenated alkanes) is 5. The van der Waals surface area contributed by atoms with E-state index >= 15 is 0 Å². The molecule has 1 aromatic carbocycles. The Morgan fingerprint density at radius 2 is 1.44 bits per heavy atom. The summed E-state index contributed by atoms with van der Waals surface area (Å²) in [6, 6.07) is 6.86. The first-order chi connectivity index (χ1) is 11.9. The smallest absolute Gasteiger partial charge is 0.261 e. The summed E-state index contributed by atoms with van der Waals surface area (Å²) >= 11 is 0.658. The molecular weight excluding hydrogens is 366 g/mol. The third-order valence-electron chi connectivity index (χ3n) is 3.87. The van der Waals surface area contributed by atoms with Gasteiger partial charge < -0.3 is 4.55 Å². The number of rotatable bonds is 11. The van der Waals surface area contributed by atoms with Crippen molar-refractivity contribution >= 4 is 34.3 Å². The van der Waals surface area contributed by atoms with Crippen LogP contribution >= 0.6 is 12.0 Å². The van der Waals surface area contributed by atoms with Crippen molar-refractivity contribution in [3.63, 3.8) is 0 Å². The first kappa shape index (κ1) is 19.9. The van der Waals surface area contributed by atoms with Crippen molar-refractivity contribution in [3.05, 3.63) is 35.4 Å². The summed E-state index contributed by atoms with van der Waals surface area (Å²) in [5.41, 5.74) is 0.958. The molecule has 0 atom stereocenters. The Morgan fingerprint density at radius 1 is 0.920 bits per heavy atom. The van der Waals surface area contributed by atoms with Gasteiger partial charge >= 0.3 is 0 Å². The van der Waals surface area contributed by atoms with E-state index in [0.717, 1.165) is 38.5 Å². The quantitative estimate of drug-likeness (QED) is 0.189. The van der Waals surface area contributed by atoms with Crippen LogP contribution in [0.25, 0.3) is 0 Å². The molecule has 2 rings (SSSR count). The molecule has 0 bridgehead atoms. The zero-order valence-electron chi connectivity index (χ0n) is 13.7. The summed E-state index contributed by atoms with van der Waals surface area (Å²) in [5, 5.41) is 0. The Balaban J connectivity index is 1.54. The Morgan fingerprint density at radius 3 is 2.00 bits per heavy atom. The number of benzene rings is 1. The van der Waals surface area contributed by atoms with E-state index in [2.05, 4.69) is 3.63 Å². The first-order valence-electron chi connectivity index (χ1n) is 8.12. The van der Waals surface area contributed by atoms with E-state index in [1.165, 1.54) is 4.90 Å². The molecule has 0 N–H and O–H groups in total. The monoisotopic (exact) mass is 386 g/mol. The van der Waals surface area contributed by atoms with Gasteiger partial charge in [0, 0.05) is 24.3 Å². The molecule has 138 valence electrons. The van der Waals surface area contributed by atoms with Crippen molar-refractivity contribution < 1.29 is 26.2 Å². The maximum absolute atomic E-state index is 12.2. The fourth-order valence-electron chi connectivity index (χ4n) is 2.67. The molecule has 0 radical (unpaired) electrons. The van der Waals surface area contributed by atoms with Crippen molar-refractivity contribution in [2.75, 3.05) is 12.3 Å². The van der Waals surface area contributed by atoms with E-state index in [9.17, 15) is 22.6 Å². The maximum atomic E-state index is 12.2. The summed E-state index contributed by atoms with van der Waals surface area (Å²) < 4.78 is 34.7. The Labute approximate surface area is 151 Å². The molecule has 1 aliphatic rings. The van der Waals surface area contributed by atoms with E-state index in [1.807, 2.05) is 0 Å². The second-order valence-electron chi connectivity index (χ2n) is 5.73. The SMILES string of the molecule is O=C1c2ccccc2C(=O)N1CCCCCCCCSOS(=O)(=O)[O-]. The molecule has 0 unspecified atom stereocenters. The van der Waals surface area contributed by atoms with E-state index in [0.29, 0.717) is 35.5 Å². The normalized spacial score (nSPS) is 14.2. The first-order valence-corrected chi connectivity index (χ1v) is 10.4. The van der Waals surface area contributed by atoms with E-state index in [1.54, 1.807) is 24.3 Å². The highest BCUT2D eigenvalue weighted by molar-refractivity contribution is 8.02. The van der Waals surface area contributed by atoms with Crippen LogP contribution in [0, 0.1) is 0 Å². The number of hydrogen-bond acceptors (Lipinski definition) is 7. The predicted octanol–water partition coefficient (Wildman–Crippen LogP) is 2.75. The van der Waals surface area contributed by atoms with Gasteiger partial charge in [-0.2, -0.15) is 0 Å². The molecule has 0 saturated heterocycles. The molecule has 9 heteroatoms. The average molecular weight is 386 g/mol. The van der Waals surface area contributed by atoms with Crippen molar-refractivity contribution in [3.8, 4) is 0 Å². The van der Waals surface area contributed by atoms with Crippen LogP contribution in [0.1, 0.15) is 59.2 Å². The number of hydrogen-bond donors (Lipinski definition) is 0. The zero-order chi connectivity index (χ0) is 18.3. The van der Waals surface area contributed by atoms with Gasteiger partial charge in [-0.05, 0) is 25.0 Å². The molecule has 0 fully saturated rings. The lowest BCUT2D eigenvalue weighted by Crippen LogP contribution is -2.30. The van der Waals surface area contributed by atoms with Gasteiger partial charge in [-0.3, -0.25) is 14.5 Å². The summed E-state index contributed by atoms with van der Waals surface area (Å²) in [5.74, 6) is 0.0214. The average Bonchev–Trinajstić information content (AvgIpc) is 2.80. The van der Waals surface area contributed by atoms with Crippen LogP contribution in [0.4, 0.5) is 0 Å². The number of nitrogens with zero attached hydrogens (tertiary/aromatic N) is 1. The molecule has 1 heterocycles. The van der Waals surface area contributed by atoms with Crippen molar-refractivity contribution in [2.24, 2.45) is 0 Å². The summed E-state index contributed by atoms with van der Waals surface area (Å²) in [7, 11) is -4.61. The molecule has 0 saturated carbocycles. The highest BCUT2D eigenvalue weighted by atomic mass is 32.3. The van der Waals surface area contributed by atoms with Gasteiger partial charge in [0.15, 0.2) is 0 Å². The predicted molar refractivity (Wildman–Crippen MR) is 92.8 cm³/mol. The second kappa shape index (κ2) is 9.33. The largest absolute Gasteiger partial charge is 0.725 e. The molecule has 1 aromatic rings. The molecule has 25 heavy (non-hydrogen) atoms. The second-order valence-corrected chi connectivity index (χ2v) is 7.73. The minimum Gasteiger partial charge on any atom is -0.725 e. The third kappa shape index (κ3) is 6.10. The lowest BCUT2D eigenvalue weighted by atomic mass is 10.1. The number of amides is 2. The fraction of sp³-hybridized carbons (Fsp3) is 0.500. The summed E-state index contributed by atoms with van der Waals surface area (Å²) in [6.07, 6.45) is 5.27. The Hall–Kier alpha value is -1.42. The highest BCUT2D eigenvalue weighted by Gasteiger charge is 2.34. The third-order valence-corrected chi connectivity index (χ3v) is 5.38. The van der Waals surface area contributed by atoms with Crippen LogP contribution < -0.4 is 0 Å². The van der Waals surface area contributed by atoms with Gasteiger partial charge in [-0.15, -0.1) is 0 Å². The minimum absolute atomic E-state index is 0.217.